The van der Waals surface area contributed by atoms with Crippen LogP contribution in [-0.2, 0) is 20.9 Å². The standard InChI is InChI=1S/C20H18N2O4S/c1-25-15-9-10-16-17(12-15)27-20(22(16)13-19(24)26-2)21-18(23)11-8-14-6-4-3-5-7-14/h3-12H,13H2,1-2H3/b11-8+,21-20?. The molecule has 1 amide bonds. The molecule has 3 rings (SSSR count). The van der Waals surface area contributed by atoms with E-state index in [1.54, 1.807) is 23.8 Å². The molecule has 2 aromatic carbocycles. The minimum Gasteiger partial charge on any atom is -0.497 e. The van der Waals surface area contributed by atoms with E-state index in [4.69, 9.17) is 9.47 Å². The monoisotopic (exact) mass is 382 g/mol. The van der Waals surface area contributed by atoms with Crippen LogP contribution < -0.4 is 9.54 Å². The summed E-state index contributed by atoms with van der Waals surface area (Å²) in [5, 5.41) is 0. The molecule has 1 aromatic heterocycles. The molecule has 0 unspecified atom stereocenters. The predicted octanol–water partition coefficient (Wildman–Crippen LogP) is 3.03. The topological polar surface area (TPSA) is 69.9 Å². The van der Waals surface area contributed by atoms with Crippen molar-refractivity contribution in [2.45, 2.75) is 6.54 Å². The first-order valence-electron chi connectivity index (χ1n) is 8.16. The number of fused-ring (bicyclic) bond motifs is 1. The van der Waals surface area contributed by atoms with Gasteiger partial charge < -0.3 is 14.0 Å². The van der Waals surface area contributed by atoms with E-state index in [1.807, 2.05) is 42.5 Å². The molecule has 0 saturated carbocycles. The average molecular weight is 382 g/mol. The zero-order valence-corrected chi connectivity index (χ0v) is 15.7. The van der Waals surface area contributed by atoms with Gasteiger partial charge in [-0.2, -0.15) is 4.99 Å². The summed E-state index contributed by atoms with van der Waals surface area (Å²) >= 11 is 1.31. The van der Waals surface area contributed by atoms with Crippen LogP contribution in [0.1, 0.15) is 5.56 Å². The van der Waals surface area contributed by atoms with Gasteiger partial charge in [0.15, 0.2) is 4.80 Å². The first kappa shape index (κ1) is 18.6. The summed E-state index contributed by atoms with van der Waals surface area (Å²) in [6, 6.07) is 15.0. The number of ether oxygens (including phenoxy) is 2. The third kappa shape index (κ3) is 4.51. The third-order valence-corrected chi connectivity index (χ3v) is 4.87. The smallest absolute Gasteiger partial charge is 0.325 e. The van der Waals surface area contributed by atoms with Crippen LogP contribution in [0.25, 0.3) is 16.3 Å². The highest BCUT2D eigenvalue weighted by Gasteiger charge is 2.12. The van der Waals surface area contributed by atoms with Crippen LogP contribution in [0.15, 0.2) is 59.6 Å². The lowest BCUT2D eigenvalue weighted by atomic mass is 10.2. The van der Waals surface area contributed by atoms with E-state index in [1.165, 1.54) is 24.5 Å². The van der Waals surface area contributed by atoms with E-state index < -0.39 is 11.9 Å². The van der Waals surface area contributed by atoms with Crippen LogP contribution in [0.3, 0.4) is 0 Å². The Hall–Kier alpha value is -3.19. The minimum absolute atomic E-state index is 0.0304. The van der Waals surface area contributed by atoms with Crippen molar-refractivity contribution < 1.29 is 19.1 Å². The molecule has 0 saturated heterocycles. The van der Waals surface area contributed by atoms with Crippen LogP contribution in [0.2, 0.25) is 0 Å². The molecule has 0 aliphatic rings. The summed E-state index contributed by atoms with van der Waals surface area (Å²) in [5.41, 5.74) is 1.69. The van der Waals surface area contributed by atoms with Crippen molar-refractivity contribution in [1.29, 1.82) is 0 Å². The SMILES string of the molecule is COC(=O)Cn1c(=NC(=O)/C=C/c2ccccc2)sc2cc(OC)ccc21. The Labute approximate surface area is 160 Å². The van der Waals surface area contributed by atoms with Gasteiger partial charge in [0.2, 0.25) is 0 Å². The Balaban J connectivity index is 2.01. The third-order valence-electron chi connectivity index (χ3n) is 3.83. The van der Waals surface area contributed by atoms with Crippen LogP contribution in [0.5, 0.6) is 5.75 Å². The number of nitrogens with zero attached hydrogens (tertiary/aromatic N) is 2. The number of amides is 1. The van der Waals surface area contributed by atoms with E-state index in [0.717, 1.165) is 15.8 Å². The van der Waals surface area contributed by atoms with Crippen molar-refractivity contribution in [2.24, 2.45) is 4.99 Å². The van der Waals surface area contributed by atoms with E-state index in [-0.39, 0.29) is 6.54 Å². The van der Waals surface area contributed by atoms with Gasteiger partial charge in [0.25, 0.3) is 5.91 Å². The number of thiazole rings is 1. The van der Waals surface area contributed by atoms with Crippen LogP contribution in [-0.4, -0.2) is 30.7 Å². The Morgan fingerprint density at radius 3 is 2.63 bits per heavy atom. The average Bonchev–Trinajstić information content (AvgIpc) is 3.03. The number of hydrogen-bond acceptors (Lipinski definition) is 5. The van der Waals surface area contributed by atoms with Gasteiger partial charge in [-0.25, -0.2) is 0 Å². The van der Waals surface area contributed by atoms with Gasteiger partial charge >= 0.3 is 5.97 Å². The Bertz CT molecular complexity index is 1060. The fourth-order valence-corrected chi connectivity index (χ4v) is 3.54. The predicted molar refractivity (Wildman–Crippen MR) is 104 cm³/mol. The van der Waals surface area contributed by atoms with E-state index in [9.17, 15) is 9.59 Å². The largest absolute Gasteiger partial charge is 0.497 e. The van der Waals surface area contributed by atoms with Crippen LogP contribution in [0, 0.1) is 0 Å². The van der Waals surface area contributed by atoms with Crippen molar-refractivity contribution in [1.82, 2.24) is 4.57 Å². The molecule has 0 aliphatic heterocycles. The molecule has 27 heavy (non-hydrogen) atoms. The van der Waals surface area contributed by atoms with Gasteiger partial charge in [-0.3, -0.25) is 9.59 Å². The van der Waals surface area contributed by atoms with Crippen molar-refractivity contribution >= 4 is 39.5 Å². The maximum atomic E-state index is 12.3. The quantitative estimate of drug-likeness (QED) is 0.502. The van der Waals surface area contributed by atoms with Crippen LogP contribution in [0.4, 0.5) is 0 Å². The van der Waals surface area contributed by atoms with Gasteiger partial charge in [-0.05, 0) is 29.8 Å². The minimum atomic E-state index is -0.417. The van der Waals surface area contributed by atoms with E-state index >= 15 is 0 Å². The second kappa shape index (κ2) is 8.46. The van der Waals surface area contributed by atoms with E-state index in [0.29, 0.717) is 10.6 Å². The lowest BCUT2D eigenvalue weighted by molar-refractivity contribution is -0.141. The molecule has 0 radical (unpaired) electrons. The molecule has 7 heteroatoms. The van der Waals surface area contributed by atoms with Gasteiger partial charge in [-0.1, -0.05) is 41.7 Å². The lowest BCUT2D eigenvalue weighted by Crippen LogP contribution is -2.22. The summed E-state index contributed by atoms with van der Waals surface area (Å²) in [5.74, 6) is -0.133. The lowest BCUT2D eigenvalue weighted by Gasteiger charge is -2.04. The van der Waals surface area contributed by atoms with Gasteiger partial charge in [0, 0.05) is 6.08 Å². The highest BCUT2D eigenvalue weighted by Crippen LogP contribution is 2.23. The fourth-order valence-electron chi connectivity index (χ4n) is 2.48. The van der Waals surface area contributed by atoms with E-state index in [2.05, 4.69) is 4.99 Å². The number of rotatable bonds is 5. The van der Waals surface area contributed by atoms with Crippen LogP contribution >= 0.6 is 11.3 Å². The second-order valence-corrected chi connectivity index (χ2v) is 6.58. The summed E-state index contributed by atoms with van der Waals surface area (Å²) in [4.78, 5) is 28.7. The Morgan fingerprint density at radius 1 is 1.15 bits per heavy atom. The normalized spacial score (nSPS) is 11.9. The summed E-state index contributed by atoms with van der Waals surface area (Å²) in [6.07, 6.45) is 3.11. The number of carbonyl (C=O) groups excluding carboxylic acids is 2. The highest BCUT2D eigenvalue weighted by molar-refractivity contribution is 7.16. The molecule has 0 atom stereocenters. The molecule has 6 nitrogen and oxygen atoms in total. The highest BCUT2D eigenvalue weighted by atomic mass is 32.1. The summed E-state index contributed by atoms with van der Waals surface area (Å²) in [6.45, 7) is -0.0304. The number of esters is 1. The van der Waals surface area contributed by atoms with Gasteiger partial charge in [0.1, 0.15) is 12.3 Å². The molecule has 0 N–H and O–H groups in total. The Morgan fingerprint density at radius 2 is 1.93 bits per heavy atom. The summed E-state index contributed by atoms with van der Waals surface area (Å²) in [7, 11) is 2.91. The molecule has 1 heterocycles. The molecule has 138 valence electrons. The molecule has 0 aliphatic carbocycles. The maximum Gasteiger partial charge on any atom is 0.325 e. The maximum absolute atomic E-state index is 12.3. The first-order chi connectivity index (χ1) is 13.1. The molecule has 0 fully saturated rings. The summed E-state index contributed by atoms with van der Waals surface area (Å²) < 4.78 is 12.5. The molecule has 3 aromatic rings. The van der Waals surface area contributed by atoms with Gasteiger partial charge in [0.05, 0.1) is 24.4 Å². The van der Waals surface area contributed by atoms with Crippen molar-refractivity contribution in [3.8, 4) is 5.75 Å². The molecule has 0 spiro atoms. The second-order valence-electron chi connectivity index (χ2n) is 5.57. The number of benzene rings is 2. The number of hydrogen-bond donors (Lipinski definition) is 0. The zero-order chi connectivity index (χ0) is 19.2. The number of aromatic nitrogens is 1. The number of carbonyl (C=O) groups is 2. The van der Waals surface area contributed by atoms with Crippen molar-refractivity contribution in [3.05, 3.63) is 65.0 Å². The van der Waals surface area contributed by atoms with Gasteiger partial charge in [-0.15, -0.1) is 0 Å². The van der Waals surface area contributed by atoms with Crippen molar-refractivity contribution in [3.63, 3.8) is 0 Å². The zero-order valence-electron chi connectivity index (χ0n) is 14.9. The number of methoxy groups -OCH3 is 2. The molecule has 0 bridgehead atoms. The van der Waals surface area contributed by atoms with Crippen molar-refractivity contribution in [2.75, 3.05) is 14.2 Å². The Kier molecular flexibility index (Phi) is 5.83. The molecular weight excluding hydrogens is 364 g/mol. The first-order valence-corrected chi connectivity index (χ1v) is 8.98. The fraction of sp³-hybridized carbons (Fsp3) is 0.150. The molecular formula is C20H18N2O4S.